The van der Waals surface area contributed by atoms with Crippen molar-refractivity contribution < 1.29 is 4.79 Å². The van der Waals surface area contributed by atoms with Gasteiger partial charge < -0.3 is 0 Å². The average molecular weight is 260 g/mol. The molecular weight excluding hydrogens is 236 g/mol. The van der Waals surface area contributed by atoms with Gasteiger partial charge in [0.1, 0.15) is 5.78 Å². The van der Waals surface area contributed by atoms with Crippen LogP contribution in [-0.2, 0) is 11.2 Å². The van der Waals surface area contributed by atoms with Crippen LogP contribution in [0.1, 0.15) is 68.5 Å². The first-order valence-electron chi connectivity index (χ1n) is 7.19. The van der Waals surface area contributed by atoms with Gasteiger partial charge in [-0.05, 0) is 57.1 Å². The summed E-state index contributed by atoms with van der Waals surface area (Å²) in [5.74, 6) is 0.808. The van der Waals surface area contributed by atoms with Crippen molar-refractivity contribution in [2.45, 2.75) is 66.2 Å². The zero-order valence-corrected chi connectivity index (χ0v) is 12.7. The van der Waals surface area contributed by atoms with Crippen LogP contribution in [-0.4, -0.2) is 16.0 Å². The number of hydrogen-bond acceptors (Lipinski definition) is 3. The largest absolute Gasteiger partial charge is 0.299 e. The lowest BCUT2D eigenvalue weighted by Gasteiger charge is -2.33. The van der Waals surface area contributed by atoms with E-state index in [2.05, 4.69) is 24.0 Å². The summed E-state index contributed by atoms with van der Waals surface area (Å²) in [6.45, 7) is 10.1. The fraction of sp³-hybridized carbons (Fsp3) is 0.688. The van der Waals surface area contributed by atoms with Crippen molar-refractivity contribution in [3.8, 4) is 0 Å². The van der Waals surface area contributed by atoms with Crippen molar-refractivity contribution in [1.82, 2.24) is 10.2 Å². The van der Waals surface area contributed by atoms with E-state index >= 15 is 0 Å². The maximum absolute atomic E-state index is 12.0. The number of carbonyl (C=O) groups excluding carboxylic acids is 1. The molecule has 0 saturated heterocycles. The molecule has 1 aliphatic carbocycles. The van der Waals surface area contributed by atoms with E-state index in [0.29, 0.717) is 11.7 Å². The maximum atomic E-state index is 12.0. The van der Waals surface area contributed by atoms with Gasteiger partial charge in [-0.25, -0.2) is 0 Å². The van der Waals surface area contributed by atoms with Crippen LogP contribution in [0.5, 0.6) is 0 Å². The molecule has 1 aromatic heterocycles. The molecule has 2 atom stereocenters. The van der Waals surface area contributed by atoms with Crippen LogP contribution >= 0.6 is 0 Å². The molecule has 1 aliphatic rings. The molecule has 0 radical (unpaired) electrons. The van der Waals surface area contributed by atoms with E-state index in [-0.39, 0.29) is 5.41 Å². The first-order chi connectivity index (χ1) is 8.85. The van der Waals surface area contributed by atoms with Crippen molar-refractivity contribution in [2.24, 2.45) is 5.41 Å². The Morgan fingerprint density at radius 3 is 2.53 bits per heavy atom. The summed E-state index contributed by atoms with van der Waals surface area (Å²) in [5.41, 5.74) is 4.37. The van der Waals surface area contributed by atoms with Gasteiger partial charge in [0, 0.05) is 5.41 Å². The molecule has 0 spiro atoms. The molecule has 0 saturated carbocycles. The van der Waals surface area contributed by atoms with Gasteiger partial charge in [0.15, 0.2) is 0 Å². The zero-order chi connectivity index (χ0) is 14.2. The van der Waals surface area contributed by atoms with Gasteiger partial charge >= 0.3 is 0 Å². The highest BCUT2D eigenvalue weighted by atomic mass is 16.1. The van der Waals surface area contributed by atoms with Crippen molar-refractivity contribution in [2.75, 3.05) is 0 Å². The summed E-state index contributed by atoms with van der Waals surface area (Å²) < 4.78 is 0. The summed E-state index contributed by atoms with van der Waals surface area (Å²) in [7, 11) is 0. The molecule has 0 aliphatic heterocycles. The second-order valence-electron chi connectivity index (χ2n) is 6.35. The molecule has 2 rings (SSSR count). The maximum Gasteiger partial charge on any atom is 0.136 e. The molecule has 0 bridgehead atoms. The summed E-state index contributed by atoms with van der Waals surface area (Å²) in [5, 5.41) is 8.53. The van der Waals surface area contributed by atoms with Gasteiger partial charge in [-0.1, -0.05) is 20.3 Å². The summed E-state index contributed by atoms with van der Waals surface area (Å²) >= 11 is 0. The van der Waals surface area contributed by atoms with E-state index in [1.807, 2.05) is 13.8 Å². The lowest BCUT2D eigenvalue weighted by atomic mass is 9.71. The van der Waals surface area contributed by atoms with Gasteiger partial charge in [0.2, 0.25) is 0 Å². The number of aromatic nitrogens is 2. The van der Waals surface area contributed by atoms with Crippen LogP contribution in [0.4, 0.5) is 0 Å². The van der Waals surface area contributed by atoms with Gasteiger partial charge in [-0.15, -0.1) is 0 Å². The number of carbonyl (C=O) groups is 1. The summed E-state index contributed by atoms with van der Waals surface area (Å²) in [6.07, 6.45) is 4.02. The first-order valence-corrected chi connectivity index (χ1v) is 7.19. The summed E-state index contributed by atoms with van der Waals surface area (Å²) in [4.78, 5) is 12.0. The van der Waals surface area contributed by atoms with E-state index in [9.17, 15) is 4.79 Å². The fourth-order valence-corrected chi connectivity index (χ4v) is 3.28. The number of hydrogen-bond donors (Lipinski definition) is 0. The second kappa shape index (κ2) is 5.03. The van der Waals surface area contributed by atoms with Crippen LogP contribution < -0.4 is 0 Å². The predicted molar refractivity (Wildman–Crippen MR) is 76.3 cm³/mol. The third kappa shape index (κ3) is 2.56. The average Bonchev–Trinajstić information content (AvgIpc) is 2.31. The Labute approximate surface area is 115 Å². The number of ketones is 1. The SMILES string of the molecule is CC(=O)[C@@]1(C)CCC[C@@H](C)c2c(C)nnc(C)c2C1. The highest BCUT2D eigenvalue weighted by molar-refractivity contribution is 5.82. The van der Waals surface area contributed by atoms with Crippen molar-refractivity contribution in [3.05, 3.63) is 22.5 Å². The number of fused-ring (bicyclic) bond motifs is 1. The normalized spacial score (nSPS) is 27.3. The van der Waals surface area contributed by atoms with Gasteiger partial charge in [0.05, 0.1) is 11.4 Å². The Bertz CT molecular complexity index is 510. The molecule has 0 unspecified atom stereocenters. The predicted octanol–water partition coefficient (Wildman–Crippen LogP) is 3.52. The highest BCUT2D eigenvalue weighted by Gasteiger charge is 2.34. The molecule has 19 heavy (non-hydrogen) atoms. The molecule has 0 amide bonds. The van der Waals surface area contributed by atoms with Crippen LogP contribution in [0.2, 0.25) is 0 Å². The Morgan fingerprint density at radius 2 is 1.89 bits per heavy atom. The van der Waals surface area contributed by atoms with Gasteiger partial charge in [-0.2, -0.15) is 10.2 Å². The molecule has 3 nitrogen and oxygen atoms in total. The Morgan fingerprint density at radius 1 is 1.26 bits per heavy atom. The molecule has 1 heterocycles. The minimum atomic E-state index is -0.241. The standard InChI is InChI=1S/C16H24N2O/c1-10-7-6-8-16(5,13(4)19)9-14-11(2)17-18-12(3)15(10)14/h10H,6-9H2,1-5H3/t10-,16+/m1/s1. The topological polar surface area (TPSA) is 42.9 Å². The quantitative estimate of drug-likeness (QED) is 0.776. The molecule has 1 aromatic rings. The van der Waals surface area contributed by atoms with E-state index in [0.717, 1.165) is 37.1 Å². The number of rotatable bonds is 1. The Kier molecular flexibility index (Phi) is 3.75. The number of nitrogens with zero attached hydrogens (tertiary/aromatic N) is 2. The van der Waals surface area contributed by atoms with E-state index < -0.39 is 0 Å². The van der Waals surface area contributed by atoms with Crippen molar-refractivity contribution in [3.63, 3.8) is 0 Å². The molecule has 0 fully saturated rings. The summed E-state index contributed by atoms with van der Waals surface area (Å²) in [6, 6.07) is 0. The van der Waals surface area contributed by atoms with E-state index in [1.165, 1.54) is 11.1 Å². The van der Waals surface area contributed by atoms with E-state index in [1.54, 1.807) is 6.92 Å². The molecule has 0 N–H and O–H groups in total. The molecular formula is C16H24N2O. The van der Waals surface area contributed by atoms with E-state index in [4.69, 9.17) is 0 Å². The van der Waals surface area contributed by atoms with Gasteiger partial charge in [-0.3, -0.25) is 4.79 Å². The third-order valence-corrected chi connectivity index (χ3v) is 4.78. The molecule has 104 valence electrons. The third-order valence-electron chi connectivity index (χ3n) is 4.78. The number of aryl methyl sites for hydroxylation is 2. The van der Waals surface area contributed by atoms with Gasteiger partial charge in [0.25, 0.3) is 0 Å². The Hall–Kier alpha value is -1.25. The minimum Gasteiger partial charge on any atom is -0.299 e. The lowest BCUT2D eigenvalue weighted by molar-refractivity contribution is -0.126. The zero-order valence-electron chi connectivity index (χ0n) is 12.7. The first kappa shape index (κ1) is 14.2. The molecule has 0 aromatic carbocycles. The lowest BCUT2D eigenvalue weighted by Crippen LogP contribution is -2.31. The second-order valence-corrected chi connectivity index (χ2v) is 6.35. The number of Topliss-reactive ketones (excluding diaryl/α,β-unsaturated/α-hetero) is 1. The van der Waals surface area contributed by atoms with Crippen molar-refractivity contribution in [1.29, 1.82) is 0 Å². The highest BCUT2D eigenvalue weighted by Crippen LogP contribution is 2.39. The monoisotopic (exact) mass is 260 g/mol. The smallest absolute Gasteiger partial charge is 0.136 e. The fourth-order valence-electron chi connectivity index (χ4n) is 3.28. The van der Waals surface area contributed by atoms with Crippen molar-refractivity contribution >= 4 is 5.78 Å². The van der Waals surface area contributed by atoms with Crippen LogP contribution in [0.3, 0.4) is 0 Å². The minimum absolute atomic E-state index is 0.241. The Balaban J connectivity index is 2.57. The van der Waals surface area contributed by atoms with Crippen LogP contribution in [0, 0.1) is 19.3 Å². The van der Waals surface area contributed by atoms with Crippen LogP contribution in [0.15, 0.2) is 0 Å². The molecule has 3 heteroatoms. The van der Waals surface area contributed by atoms with Crippen LogP contribution in [0.25, 0.3) is 0 Å².